The number of rotatable bonds is 9. The number of fused-ring (bicyclic) bond motifs is 2. The van der Waals surface area contributed by atoms with Gasteiger partial charge in [0.15, 0.2) is 16.3 Å². The molecule has 0 spiro atoms. The maximum atomic E-state index is 14.3. The predicted molar refractivity (Wildman–Crippen MR) is 180 cm³/mol. The zero-order chi connectivity index (χ0) is 31.7. The number of allylic oxidation sites excluding steroid dienone is 1. The van der Waals surface area contributed by atoms with Gasteiger partial charge in [-0.15, -0.1) is 0 Å². The fourth-order valence-corrected chi connectivity index (χ4v) is 7.04. The summed E-state index contributed by atoms with van der Waals surface area (Å²) < 4.78 is 22.4. The molecule has 230 valence electrons. The highest BCUT2D eigenvalue weighted by Gasteiger charge is 2.36. The largest absolute Gasteiger partial charge is 0.493 e. The molecule has 0 amide bonds. The molecule has 0 bridgehead atoms. The molecule has 0 saturated carbocycles. The minimum atomic E-state index is -0.821. The van der Waals surface area contributed by atoms with Crippen molar-refractivity contribution in [1.82, 2.24) is 9.13 Å². The molecule has 10 heteroatoms. The third kappa shape index (κ3) is 5.76. The second-order valence-electron chi connectivity index (χ2n) is 10.5. The van der Waals surface area contributed by atoms with Gasteiger partial charge >= 0.3 is 5.97 Å². The summed E-state index contributed by atoms with van der Waals surface area (Å²) >= 11 is 4.81. The molecular formula is C35H32BrN3O5S. The van der Waals surface area contributed by atoms with Crippen LogP contribution < -0.4 is 24.4 Å². The van der Waals surface area contributed by atoms with Crippen molar-refractivity contribution in [3.05, 3.63) is 125 Å². The number of esters is 1. The van der Waals surface area contributed by atoms with Gasteiger partial charge in [-0.3, -0.25) is 9.36 Å². The van der Waals surface area contributed by atoms with E-state index in [0.29, 0.717) is 45.2 Å². The molecule has 6 rings (SSSR count). The standard InChI is InChI=1S/C35H32BrN3O5S/c1-5-43-32-26(11-9-13-28(32)42-4)31-30(34(41)44-6-2)21(3)37-35-39(31)33(40)29(45-35)18-23-20-38(27-12-8-7-10-25(23)27)19-22-14-16-24(36)17-15-22/h7-18,20,31H,5-6,19H2,1-4H3/b29-18+/t31-/m1/s1. The number of hydrogen-bond donors (Lipinski definition) is 0. The Morgan fingerprint density at radius 3 is 2.56 bits per heavy atom. The highest BCUT2D eigenvalue weighted by Crippen LogP contribution is 2.40. The zero-order valence-corrected chi connectivity index (χ0v) is 27.8. The van der Waals surface area contributed by atoms with Gasteiger partial charge in [-0.05, 0) is 56.7 Å². The van der Waals surface area contributed by atoms with Crippen LogP contribution in [0.3, 0.4) is 0 Å². The Kier molecular flexibility index (Phi) is 8.78. The van der Waals surface area contributed by atoms with Crippen LogP contribution in [0.1, 0.15) is 43.5 Å². The number of carbonyl (C=O) groups is 1. The van der Waals surface area contributed by atoms with E-state index < -0.39 is 12.0 Å². The van der Waals surface area contributed by atoms with Gasteiger partial charge in [0.2, 0.25) is 0 Å². The first-order chi connectivity index (χ1) is 21.8. The van der Waals surface area contributed by atoms with Crippen LogP contribution in [0.2, 0.25) is 0 Å². The highest BCUT2D eigenvalue weighted by atomic mass is 79.9. The van der Waals surface area contributed by atoms with Gasteiger partial charge in [-0.1, -0.05) is 69.7 Å². The van der Waals surface area contributed by atoms with Crippen molar-refractivity contribution in [3.63, 3.8) is 0 Å². The van der Waals surface area contributed by atoms with Gasteiger partial charge in [0.25, 0.3) is 5.56 Å². The second-order valence-corrected chi connectivity index (χ2v) is 12.4. The molecule has 5 aromatic rings. The lowest BCUT2D eigenvalue weighted by Gasteiger charge is -2.26. The highest BCUT2D eigenvalue weighted by molar-refractivity contribution is 9.10. The Labute approximate surface area is 272 Å². The number of halogens is 1. The fraction of sp³-hybridized carbons (Fsp3) is 0.229. The van der Waals surface area contributed by atoms with Crippen molar-refractivity contribution in [2.24, 2.45) is 4.99 Å². The summed E-state index contributed by atoms with van der Waals surface area (Å²) in [6.07, 6.45) is 3.99. The molecule has 1 atom stereocenters. The third-order valence-corrected chi connectivity index (χ3v) is 9.21. The van der Waals surface area contributed by atoms with E-state index in [1.165, 1.54) is 11.3 Å². The Hall–Kier alpha value is -4.41. The molecular weight excluding hydrogens is 654 g/mol. The monoisotopic (exact) mass is 685 g/mol. The van der Waals surface area contributed by atoms with E-state index in [1.807, 2.05) is 49.4 Å². The topological polar surface area (TPSA) is 84.1 Å². The van der Waals surface area contributed by atoms with Crippen LogP contribution in [0.15, 0.2) is 98.5 Å². The van der Waals surface area contributed by atoms with E-state index >= 15 is 0 Å². The van der Waals surface area contributed by atoms with Crippen LogP contribution in [-0.2, 0) is 16.1 Å². The number of para-hydroxylation sites is 2. The molecule has 0 radical (unpaired) electrons. The van der Waals surface area contributed by atoms with Gasteiger partial charge in [-0.25, -0.2) is 9.79 Å². The SMILES string of the molecule is CCOC(=O)C1=C(C)N=c2s/c(=C/c3cn(Cc4ccc(Br)cc4)c4ccccc34)c(=O)n2[C@@H]1c1cccc(OC)c1OCC. The molecule has 0 aliphatic carbocycles. The summed E-state index contributed by atoms with van der Waals surface area (Å²) in [5.74, 6) is 0.446. The third-order valence-electron chi connectivity index (χ3n) is 7.70. The molecule has 0 N–H and O–H groups in total. The fourth-order valence-electron chi connectivity index (χ4n) is 5.74. The smallest absolute Gasteiger partial charge is 0.338 e. The molecule has 3 heterocycles. The molecule has 3 aromatic carbocycles. The van der Waals surface area contributed by atoms with Crippen molar-refractivity contribution in [2.75, 3.05) is 20.3 Å². The van der Waals surface area contributed by atoms with E-state index in [-0.39, 0.29) is 17.7 Å². The number of carbonyl (C=O) groups excluding carboxylic acids is 1. The zero-order valence-electron chi connectivity index (χ0n) is 25.4. The Morgan fingerprint density at radius 1 is 1.04 bits per heavy atom. The molecule has 2 aromatic heterocycles. The van der Waals surface area contributed by atoms with Crippen molar-refractivity contribution in [2.45, 2.75) is 33.4 Å². The van der Waals surface area contributed by atoms with Crippen molar-refractivity contribution < 1.29 is 19.0 Å². The van der Waals surface area contributed by atoms with E-state index in [2.05, 4.69) is 51.0 Å². The molecule has 0 saturated heterocycles. The molecule has 8 nitrogen and oxygen atoms in total. The lowest BCUT2D eigenvalue weighted by molar-refractivity contribution is -0.139. The number of thiazole rings is 1. The Balaban J connectivity index is 1.54. The second kappa shape index (κ2) is 12.9. The van der Waals surface area contributed by atoms with Crippen molar-refractivity contribution in [3.8, 4) is 11.5 Å². The van der Waals surface area contributed by atoms with Crippen LogP contribution in [-0.4, -0.2) is 35.4 Å². The van der Waals surface area contributed by atoms with Crippen LogP contribution >= 0.6 is 27.3 Å². The van der Waals surface area contributed by atoms with Crippen LogP contribution in [0.4, 0.5) is 0 Å². The van der Waals surface area contributed by atoms with E-state index in [4.69, 9.17) is 19.2 Å². The lowest BCUT2D eigenvalue weighted by atomic mass is 9.94. The number of hydrogen-bond acceptors (Lipinski definition) is 7. The van der Waals surface area contributed by atoms with Crippen LogP contribution in [0.25, 0.3) is 17.0 Å². The summed E-state index contributed by atoms with van der Waals surface area (Å²) in [6, 6.07) is 21.1. The molecule has 45 heavy (non-hydrogen) atoms. The molecule has 0 unspecified atom stereocenters. The molecule has 1 aliphatic rings. The summed E-state index contributed by atoms with van der Waals surface area (Å²) in [4.78, 5) is 33.0. The van der Waals surface area contributed by atoms with E-state index in [9.17, 15) is 9.59 Å². The minimum absolute atomic E-state index is 0.188. The van der Waals surface area contributed by atoms with Crippen LogP contribution in [0, 0.1) is 0 Å². The first-order valence-corrected chi connectivity index (χ1v) is 16.3. The van der Waals surface area contributed by atoms with Gasteiger partial charge < -0.3 is 18.8 Å². The Bertz CT molecular complexity index is 2130. The van der Waals surface area contributed by atoms with Crippen LogP contribution in [0.5, 0.6) is 11.5 Å². The van der Waals surface area contributed by atoms with Gasteiger partial charge in [0.1, 0.15) is 6.04 Å². The average molecular weight is 687 g/mol. The van der Waals surface area contributed by atoms with Gasteiger partial charge in [0.05, 0.1) is 36.1 Å². The van der Waals surface area contributed by atoms with Gasteiger partial charge in [-0.2, -0.15) is 0 Å². The number of benzene rings is 3. The molecule has 1 aliphatic heterocycles. The number of methoxy groups -OCH3 is 1. The van der Waals surface area contributed by atoms with Crippen molar-refractivity contribution >= 4 is 50.2 Å². The minimum Gasteiger partial charge on any atom is -0.493 e. The number of ether oxygens (including phenoxy) is 3. The maximum Gasteiger partial charge on any atom is 0.338 e. The predicted octanol–water partition coefficient (Wildman–Crippen LogP) is 5.97. The van der Waals surface area contributed by atoms with E-state index in [0.717, 1.165) is 26.5 Å². The summed E-state index contributed by atoms with van der Waals surface area (Å²) in [6.45, 7) is 6.64. The lowest BCUT2D eigenvalue weighted by Crippen LogP contribution is -2.40. The Morgan fingerprint density at radius 2 is 1.82 bits per heavy atom. The quantitative estimate of drug-likeness (QED) is 0.179. The molecule has 0 fully saturated rings. The normalized spacial score (nSPS) is 14.8. The summed E-state index contributed by atoms with van der Waals surface area (Å²) in [5, 5.41) is 1.03. The van der Waals surface area contributed by atoms with E-state index in [1.54, 1.807) is 31.6 Å². The summed E-state index contributed by atoms with van der Waals surface area (Å²) in [7, 11) is 1.56. The number of aromatic nitrogens is 2. The summed E-state index contributed by atoms with van der Waals surface area (Å²) in [5.41, 5.74) is 4.28. The van der Waals surface area contributed by atoms with Gasteiger partial charge in [0, 0.05) is 39.2 Å². The maximum absolute atomic E-state index is 14.3. The first-order valence-electron chi connectivity index (χ1n) is 14.7. The van der Waals surface area contributed by atoms with Crippen molar-refractivity contribution in [1.29, 1.82) is 0 Å². The number of nitrogens with zero attached hydrogens (tertiary/aromatic N) is 3. The average Bonchev–Trinajstić information content (AvgIpc) is 3.54. The first kappa shape index (κ1) is 30.6.